The van der Waals surface area contributed by atoms with Gasteiger partial charge in [-0.3, -0.25) is 14.9 Å². The van der Waals surface area contributed by atoms with Gasteiger partial charge in [0.2, 0.25) is 0 Å². The van der Waals surface area contributed by atoms with E-state index >= 15 is 0 Å². The van der Waals surface area contributed by atoms with Gasteiger partial charge in [0.25, 0.3) is 5.91 Å². The van der Waals surface area contributed by atoms with Gasteiger partial charge in [0.05, 0.1) is 25.9 Å². The first kappa shape index (κ1) is 16.0. The number of carbonyl (C=O) groups is 3. The topological polar surface area (TPSA) is 93.7 Å². The fourth-order valence-corrected chi connectivity index (χ4v) is 0.915. The molecule has 0 saturated carbocycles. The zero-order chi connectivity index (χ0) is 13.8. The van der Waals surface area contributed by atoms with Crippen LogP contribution >= 0.6 is 0 Å². The molecule has 2 N–H and O–H groups in total. The molecule has 0 fully saturated rings. The van der Waals surface area contributed by atoms with Crippen molar-refractivity contribution in [2.45, 2.75) is 20.3 Å². The Morgan fingerprint density at radius 1 is 1.17 bits per heavy atom. The molecule has 7 nitrogen and oxygen atoms in total. The third-order valence-electron chi connectivity index (χ3n) is 1.64. The van der Waals surface area contributed by atoms with Crippen molar-refractivity contribution < 1.29 is 23.9 Å². The van der Waals surface area contributed by atoms with Gasteiger partial charge in [-0.05, 0) is 13.8 Å². The molecule has 102 valence electrons. The van der Waals surface area contributed by atoms with E-state index in [4.69, 9.17) is 4.74 Å². The van der Waals surface area contributed by atoms with E-state index in [1.165, 1.54) is 6.26 Å². The standard InChI is InChI=1S/C11H18N2O5/c1-3-17-8-6-9(14)13-11(16)12-7-5-10(15)18-4-2/h6,8H,3-5,7H2,1-2H3,(H2,12,13,14,16)/b8-6-. The first-order chi connectivity index (χ1) is 8.60. The summed E-state index contributed by atoms with van der Waals surface area (Å²) >= 11 is 0. The zero-order valence-corrected chi connectivity index (χ0v) is 10.5. The van der Waals surface area contributed by atoms with Gasteiger partial charge in [0, 0.05) is 12.6 Å². The van der Waals surface area contributed by atoms with Gasteiger partial charge in [-0.2, -0.15) is 0 Å². The minimum absolute atomic E-state index is 0.0598. The SMILES string of the molecule is CCO/C=C\C(=O)NC(=O)NCCC(=O)OCC. The Bertz CT molecular complexity index is 315. The summed E-state index contributed by atoms with van der Waals surface area (Å²) in [4.78, 5) is 33.2. The molecular weight excluding hydrogens is 240 g/mol. The summed E-state index contributed by atoms with van der Waals surface area (Å²) in [7, 11) is 0. The van der Waals surface area contributed by atoms with Crippen molar-refractivity contribution in [2.24, 2.45) is 0 Å². The van der Waals surface area contributed by atoms with E-state index in [1.807, 2.05) is 5.32 Å². The van der Waals surface area contributed by atoms with Gasteiger partial charge >= 0.3 is 12.0 Å². The van der Waals surface area contributed by atoms with Crippen molar-refractivity contribution in [3.63, 3.8) is 0 Å². The molecule has 0 aromatic rings. The Morgan fingerprint density at radius 2 is 1.89 bits per heavy atom. The summed E-state index contributed by atoms with van der Waals surface area (Å²) in [6, 6.07) is -0.676. The molecule has 18 heavy (non-hydrogen) atoms. The summed E-state index contributed by atoms with van der Waals surface area (Å²) in [6.07, 6.45) is 2.35. The fraction of sp³-hybridized carbons (Fsp3) is 0.545. The van der Waals surface area contributed by atoms with Crippen molar-refractivity contribution >= 4 is 17.9 Å². The molecule has 0 atom stereocenters. The molecule has 0 saturated heterocycles. The van der Waals surface area contributed by atoms with Gasteiger partial charge < -0.3 is 14.8 Å². The number of urea groups is 1. The number of carbonyl (C=O) groups excluding carboxylic acids is 3. The van der Waals surface area contributed by atoms with Crippen LogP contribution in [0.5, 0.6) is 0 Å². The molecule has 0 aromatic heterocycles. The van der Waals surface area contributed by atoms with Crippen LogP contribution < -0.4 is 10.6 Å². The summed E-state index contributed by atoms with van der Waals surface area (Å²) < 4.78 is 9.46. The zero-order valence-electron chi connectivity index (χ0n) is 10.5. The molecule has 0 aliphatic carbocycles. The summed E-state index contributed by atoms with van der Waals surface area (Å²) in [5, 5.41) is 4.38. The number of esters is 1. The van der Waals surface area contributed by atoms with E-state index in [1.54, 1.807) is 13.8 Å². The first-order valence-electron chi connectivity index (χ1n) is 5.62. The first-order valence-corrected chi connectivity index (χ1v) is 5.62. The largest absolute Gasteiger partial charge is 0.501 e. The third kappa shape index (κ3) is 9.20. The molecule has 0 bridgehead atoms. The second-order valence-electron chi connectivity index (χ2n) is 3.06. The maximum absolute atomic E-state index is 11.2. The van der Waals surface area contributed by atoms with Crippen molar-refractivity contribution in [3.8, 4) is 0 Å². The normalized spacial score (nSPS) is 9.89. The molecular formula is C11H18N2O5. The Hall–Kier alpha value is -2.05. The van der Waals surface area contributed by atoms with Crippen LogP contribution in [0.25, 0.3) is 0 Å². The minimum Gasteiger partial charge on any atom is -0.501 e. The van der Waals surface area contributed by atoms with E-state index in [2.05, 4.69) is 10.1 Å². The minimum atomic E-state index is -0.676. The molecule has 0 unspecified atom stereocenters. The highest BCUT2D eigenvalue weighted by Gasteiger charge is 2.06. The van der Waals surface area contributed by atoms with Crippen LogP contribution in [0.15, 0.2) is 12.3 Å². The van der Waals surface area contributed by atoms with E-state index in [0.717, 1.165) is 6.08 Å². The van der Waals surface area contributed by atoms with Crippen LogP contribution in [0.1, 0.15) is 20.3 Å². The van der Waals surface area contributed by atoms with Crippen LogP contribution in [0, 0.1) is 0 Å². The molecule has 3 amide bonds. The van der Waals surface area contributed by atoms with E-state index in [-0.39, 0.29) is 13.0 Å². The van der Waals surface area contributed by atoms with Crippen LogP contribution in [-0.4, -0.2) is 37.7 Å². The Balaban J connectivity index is 3.71. The van der Waals surface area contributed by atoms with Gasteiger partial charge in [-0.1, -0.05) is 0 Å². The van der Waals surface area contributed by atoms with E-state index in [9.17, 15) is 14.4 Å². The lowest BCUT2D eigenvalue weighted by Crippen LogP contribution is -2.39. The highest BCUT2D eigenvalue weighted by molar-refractivity contribution is 6.00. The second kappa shape index (κ2) is 10.1. The second-order valence-corrected chi connectivity index (χ2v) is 3.06. The van der Waals surface area contributed by atoms with Crippen LogP contribution in [0.2, 0.25) is 0 Å². The Labute approximate surface area is 106 Å². The average molecular weight is 258 g/mol. The fourth-order valence-electron chi connectivity index (χ4n) is 0.915. The molecule has 0 heterocycles. The maximum Gasteiger partial charge on any atom is 0.321 e. The van der Waals surface area contributed by atoms with Gasteiger partial charge in [-0.25, -0.2) is 4.79 Å². The van der Waals surface area contributed by atoms with Crippen LogP contribution in [-0.2, 0) is 19.1 Å². The number of rotatable bonds is 7. The average Bonchev–Trinajstić information content (AvgIpc) is 2.29. The highest BCUT2D eigenvalue weighted by Crippen LogP contribution is 1.84. The monoisotopic (exact) mass is 258 g/mol. The van der Waals surface area contributed by atoms with Crippen LogP contribution in [0.4, 0.5) is 4.79 Å². The van der Waals surface area contributed by atoms with Gasteiger partial charge in [0.15, 0.2) is 0 Å². The molecule has 0 aliphatic heterocycles. The lowest BCUT2D eigenvalue weighted by molar-refractivity contribution is -0.142. The Kier molecular flexibility index (Phi) is 8.97. The maximum atomic E-state index is 11.2. The molecule has 0 spiro atoms. The molecule has 7 heteroatoms. The Morgan fingerprint density at radius 3 is 2.50 bits per heavy atom. The highest BCUT2D eigenvalue weighted by atomic mass is 16.5. The third-order valence-corrected chi connectivity index (χ3v) is 1.64. The van der Waals surface area contributed by atoms with E-state index in [0.29, 0.717) is 13.2 Å². The summed E-state index contributed by atoms with van der Waals surface area (Å²) in [5.41, 5.74) is 0. The van der Waals surface area contributed by atoms with E-state index < -0.39 is 17.9 Å². The quantitative estimate of drug-likeness (QED) is 0.389. The lowest BCUT2D eigenvalue weighted by atomic mass is 10.4. The number of hydrogen-bond donors (Lipinski definition) is 2. The number of nitrogens with one attached hydrogen (secondary N) is 2. The number of hydrogen-bond acceptors (Lipinski definition) is 5. The predicted molar refractivity (Wildman–Crippen MR) is 63.6 cm³/mol. The molecule has 0 aliphatic rings. The van der Waals surface area contributed by atoms with Gasteiger partial charge in [0.1, 0.15) is 0 Å². The number of amides is 3. The lowest BCUT2D eigenvalue weighted by Gasteiger charge is -2.04. The molecule has 0 rings (SSSR count). The molecule has 0 aromatic carbocycles. The predicted octanol–water partition coefficient (Wildman–Crippen LogP) is 0.316. The summed E-state index contributed by atoms with van der Waals surface area (Å²) in [6.45, 7) is 4.31. The summed E-state index contributed by atoms with van der Waals surface area (Å²) in [5.74, 6) is -1.00. The van der Waals surface area contributed by atoms with Crippen molar-refractivity contribution in [2.75, 3.05) is 19.8 Å². The van der Waals surface area contributed by atoms with Crippen molar-refractivity contribution in [1.82, 2.24) is 10.6 Å². The van der Waals surface area contributed by atoms with Crippen molar-refractivity contribution in [1.29, 1.82) is 0 Å². The number of ether oxygens (including phenoxy) is 2. The van der Waals surface area contributed by atoms with Gasteiger partial charge in [-0.15, -0.1) is 0 Å². The smallest absolute Gasteiger partial charge is 0.321 e. The number of imide groups is 1. The van der Waals surface area contributed by atoms with Crippen molar-refractivity contribution in [3.05, 3.63) is 12.3 Å². The van der Waals surface area contributed by atoms with Crippen LogP contribution in [0.3, 0.4) is 0 Å². The molecule has 0 radical (unpaired) electrons.